The molecule has 0 aliphatic carbocycles. The van der Waals surface area contributed by atoms with Gasteiger partial charge in [0.15, 0.2) is 0 Å². The number of hydrogen-bond acceptors (Lipinski definition) is 3. The van der Waals surface area contributed by atoms with Gasteiger partial charge in [-0.2, -0.15) is 0 Å². The third-order valence-corrected chi connectivity index (χ3v) is 3.49. The Morgan fingerprint density at radius 2 is 1.88 bits per heavy atom. The summed E-state index contributed by atoms with van der Waals surface area (Å²) in [5, 5.41) is 5.85. The van der Waals surface area contributed by atoms with Crippen molar-refractivity contribution in [3.05, 3.63) is 0 Å². The summed E-state index contributed by atoms with van der Waals surface area (Å²) in [7, 11) is 0. The first-order chi connectivity index (χ1) is 8.25. The standard InChI is InChI=1S/C12H21N3O2/c16-11(6-10-7-13-8-10)14-9-12(17)15-4-2-1-3-5-15/h10,13H,1-9H2,(H,14,16). The second kappa shape index (κ2) is 6.00. The van der Waals surface area contributed by atoms with Crippen molar-refractivity contribution in [2.24, 2.45) is 5.92 Å². The SMILES string of the molecule is O=C(CC1CNC1)NCC(=O)N1CCCCC1. The van der Waals surface area contributed by atoms with Crippen LogP contribution in [0.3, 0.4) is 0 Å². The van der Waals surface area contributed by atoms with Gasteiger partial charge in [-0.3, -0.25) is 9.59 Å². The minimum Gasteiger partial charge on any atom is -0.347 e. The van der Waals surface area contributed by atoms with Crippen molar-refractivity contribution in [1.82, 2.24) is 15.5 Å². The molecule has 2 saturated heterocycles. The van der Waals surface area contributed by atoms with E-state index < -0.39 is 0 Å². The molecular weight excluding hydrogens is 218 g/mol. The molecule has 2 rings (SSSR count). The predicted molar refractivity (Wildman–Crippen MR) is 64.4 cm³/mol. The van der Waals surface area contributed by atoms with Crippen LogP contribution < -0.4 is 10.6 Å². The van der Waals surface area contributed by atoms with Crippen LogP contribution in [0.1, 0.15) is 25.7 Å². The third-order valence-electron chi connectivity index (χ3n) is 3.49. The van der Waals surface area contributed by atoms with Crippen LogP contribution in [-0.4, -0.2) is 49.4 Å². The summed E-state index contributed by atoms with van der Waals surface area (Å²) >= 11 is 0. The van der Waals surface area contributed by atoms with E-state index in [2.05, 4.69) is 10.6 Å². The average Bonchev–Trinajstić information content (AvgIpc) is 2.32. The van der Waals surface area contributed by atoms with Gasteiger partial charge in [0.05, 0.1) is 6.54 Å². The van der Waals surface area contributed by atoms with E-state index in [-0.39, 0.29) is 18.4 Å². The fourth-order valence-electron chi connectivity index (χ4n) is 2.26. The van der Waals surface area contributed by atoms with E-state index in [1.165, 1.54) is 6.42 Å². The molecule has 0 saturated carbocycles. The molecule has 2 aliphatic heterocycles. The second-order valence-corrected chi connectivity index (χ2v) is 4.95. The molecule has 2 fully saturated rings. The molecule has 2 heterocycles. The number of carbonyl (C=O) groups is 2. The third kappa shape index (κ3) is 3.70. The Morgan fingerprint density at radius 1 is 1.18 bits per heavy atom. The zero-order valence-electron chi connectivity index (χ0n) is 10.2. The lowest BCUT2D eigenvalue weighted by Gasteiger charge is -2.28. The van der Waals surface area contributed by atoms with E-state index in [1.807, 2.05) is 4.90 Å². The number of amides is 2. The van der Waals surface area contributed by atoms with Crippen molar-refractivity contribution in [2.45, 2.75) is 25.7 Å². The number of rotatable bonds is 4. The Kier molecular flexibility index (Phi) is 4.36. The van der Waals surface area contributed by atoms with E-state index in [1.54, 1.807) is 0 Å². The highest BCUT2D eigenvalue weighted by Gasteiger charge is 2.21. The van der Waals surface area contributed by atoms with Gasteiger partial charge in [-0.05, 0) is 38.3 Å². The molecule has 0 unspecified atom stereocenters. The van der Waals surface area contributed by atoms with Crippen molar-refractivity contribution in [2.75, 3.05) is 32.7 Å². The number of nitrogens with zero attached hydrogens (tertiary/aromatic N) is 1. The predicted octanol–water partition coefficient (Wildman–Crippen LogP) is -0.275. The summed E-state index contributed by atoms with van der Waals surface area (Å²) in [4.78, 5) is 25.2. The van der Waals surface area contributed by atoms with Crippen LogP contribution in [0.2, 0.25) is 0 Å². The monoisotopic (exact) mass is 239 g/mol. The van der Waals surface area contributed by atoms with Crippen LogP contribution in [0.5, 0.6) is 0 Å². The summed E-state index contributed by atoms with van der Waals surface area (Å²) < 4.78 is 0. The molecule has 0 aromatic rings. The highest BCUT2D eigenvalue weighted by molar-refractivity contribution is 5.84. The first kappa shape index (κ1) is 12.4. The van der Waals surface area contributed by atoms with Crippen LogP contribution in [0, 0.1) is 5.92 Å². The molecule has 0 bridgehead atoms. The highest BCUT2D eigenvalue weighted by Crippen LogP contribution is 2.09. The molecular formula is C12H21N3O2. The van der Waals surface area contributed by atoms with Crippen molar-refractivity contribution >= 4 is 11.8 Å². The summed E-state index contributed by atoms with van der Waals surface area (Å²) in [6, 6.07) is 0. The fraction of sp³-hybridized carbons (Fsp3) is 0.833. The van der Waals surface area contributed by atoms with E-state index in [9.17, 15) is 9.59 Å². The van der Waals surface area contributed by atoms with Gasteiger partial charge in [-0.25, -0.2) is 0 Å². The summed E-state index contributed by atoms with van der Waals surface area (Å²) in [6.07, 6.45) is 3.94. The zero-order valence-corrected chi connectivity index (χ0v) is 10.2. The van der Waals surface area contributed by atoms with Gasteiger partial charge in [0.1, 0.15) is 0 Å². The molecule has 96 valence electrons. The number of nitrogens with one attached hydrogen (secondary N) is 2. The zero-order chi connectivity index (χ0) is 12.1. The normalized spacial score (nSPS) is 20.8. The van der Waals surface area contributed by atoms with Crippen molar-refractivity contribution in [3.63, 3.8) is 0 Å². The Balaban J connectivity index is 1.62. The van der Waals surface area contributed by atoms with Gasteiger partial charge in [0.2, 0.25) is 11.8 Å². The van der Waals surface area contributed by atoms with Crippen LogP contribution >= 0.6 is 0 Å². The van der Waals surface area contributed by atoms with E-state index in [0.29, 0.717) is 12.3 Å². The first-order valence-corrected chi connectivity index (χ1v) is 6.51. The van der Waals surface area contributed by atoms with E-state index >= 15 is 0 Å². The summed E-state index contributed by atoms with van der Waals surface area (Å²) in [5.74, 6) is 0.520. The van der Waals surface area contributed by atoms with Gasteiger partial charge in [-0.1, -0.05) is 0 Å². The number of hydrogen-bond donors (Lipinski definition) is 2. The van der Waals surface area contributed by atoms with E-state index in [4.69, 9.17) is 0 Å². The Bertz CT molecular complexity index is 283. The van der Waals surface area contributed by atoms with Gasteiger partial charge in [0, 0.05) is 19.5 Å². The molecule has 2 N–H and O–H groups in total. The van der Waals surface area contributed by atoms with Crippen LogP contribution in [-0.2, 0) is 9.59 Å². The highest BCUT2D eigenvalue weighted by atomic mass is 16.2. The summed E-state index contributed by atoms with van der Waals surface area (Å²) in [5.41, 5.74) is 0. The van der Waals surface area contributed by atoms with Crippen molar-refractivity contribution in [1.29, 1.82) is 0 Å². The summed E-state index contributed by atoms with van der Waals surface area (Å²) in [6.45, 7) is 3.71. The first-order valence-electron chi connectivity index (χ1n) is 6.51. The molecule has 17 heavy (non-hydrogen) atoms. The molecule has 0 spiro atoms. The average molecular weight is 239 g/mol. The minimum atomic E-state index is 0.00172. The molecule has 0 aromatic heterocycles. The quantitative estimate of drug-likeness (QED) is 0.709. The molecule has 5 nitrogen and oxygen atoms in total. The maximum atomic E-state index is 11.8. The van der Waals surface area contributed by atoms with Crippen molar-refractivity contribution in [3.8, 4) is 0 Å². The Morgan fingerprint density at radius 3 is 2.47 bits per heavy atom. The molecule has 0 atom stereocenters. The maximum absolute atomic E-state index is 11.8. The van der Waals surface area contributed by atoms with Gasteiger partial charge < -0.3 is 15.5 Å². The van der Waals surface area contributed by atoms with E-state index in [0.717, 1.165) is 39.0 Å². The lowest BCUT2D eigenvalue weighted by Crippen LogP contribution is -2.46. The molecule has 2 aliphatic rings. The fourth-order valence-corrected chi connectivity index (χ4v) is 2.26. The maximum Gasteiger partial charge on any atom is 0.241 e. The lowest BCUT2D eigenvalue weighted by atomic mass is 9.99. The molecule has 2 amide bonds. The van der Waals surface area contributed by atoms with Crippen molar-refractivity contribution < 1.29 is 9.59 Å². The van der Waals surface area contributed by atoms with Gasteiger partial charge in [-0.15, -0.1) is 0 Å². The number of carbonyl (C=O) groups excluding carboxylic acids is 2. The largest absolute Gasteiger partial charge is 0.347 e. The Labute approximate surface area is 102 Å². The van der Waals surface area contributed by atoms with Crippen LogP contribution in [0.15, 0.2) is 0 Å². The van der Waals surface area contributed by atoms with Gasteiger partial charge in [0.25, 0.3) is 0 Å². The van der Waals surface area contributed by atoms with Gasteiger partial charge >= 0.3 is 0 Å². The molecule has 0 radical (unpaired) electrons. The van der Waals surface area contributed by atoms with Crippen LogP contribution in [0.25, 0.3) is 0 Å². The minimum absolute atomic E-state index is 0.00172. The lowest BCUT2D eigenvalue weighted by molar-refractivity contribution is -0.133. The topological polar surface area (TPSA) is 61.4 Å². The number of likely N-dealkylation sites (tertiary alicyclic amines) is 1. The second-order valence-electron chi connectivity index (χ2n) is 4.95. The molecule has 0 aromatic carbocycles. The molecule has 5 heteroatoms. The smallest absolute Gasteiger partial charge is 0.241 e. The number of piperidine rings is 1. The van der Waals surface area contributed by atoms with Crippen LogP contribution in [0.4, 0.5) is 0 Å². The Hall–Kier alpha value is -1.10.